The first-order valence-corrected chi connectivity index (χ1v) is 6.12. The van der Waals surface area contributed by atoms with Crippen LogP contribution in [0.1, 0.15) is 22.3 Å². The van der Waals surface area contributed by atoms with Crippen molar-refractivity contribution < 1.29 is 4.74 Å². The summed E-state index contributed by atoms with van der Waals surface area (Å²) in [5.74, 6) is 0.941. The predicted molar refractivity (Wildman–Crippen MR) is 75.8 cm³/mol. The molecule has 2 nitrogen and oxygen atoms in total. The monoisotopic (exact) mass is 241 g/mol. The third kappa shape index (κ3) is 2.65. The lowest BCUT2D eigenvalue weighted by Crippen LogP contribution is -2.01. The van der Waals surface area contributed by atoms with Gasteiger partial charge in [0.15, 0.2) is 0 Å². The van der Waals surface area contributed by atoms with Gasteiger partial charge in [-0.3, -0.25) is 0 Å². The highest BCUT2D eigenvalue weighted by molar-refractivity contribution is 5.47. The highest BCUT2D eigenvalue weighted by Crippen LogP contribution is 2.24. The molecular formula is C16H19NO. The number of anilines is 1. The number of para-hydroxylation sites is 1. The Bertz CT molecular complexity index is 561. The van der Waals surface area contributed by atoms with Crippen LogP contribution in [0.2, 0.25) is 0 Å². The smallest absolute Gasteiger partial charge is 0.123 e. The lowest BCUT2D eigenvalue weighted by atomic mass is 10.1. The van der Waals surface area contributed by atoms with E-state index < -0.39 is 0 Å². The Morgan fingerprint density at radius 2 is 1.78 bits per heavy atom. The zero-order chi connectivity index (χ0) is 13.1. The second kappa shape index (κ2) is 5.13. The van der Waals surface area contributed by atoms with Gasteiger partial charge >= 0.3 is 0 Å². The third-order valence-corrected chi connectivity index (χ3v) is 3.20. The quantitative estimate of drug-likeness (QED) is 0.830. The van der Waals surface area contributed by atoms with Crippen molar-refractivity contribution >= 4 is 5.69 Å². The fourth-order valence-electron chi connectivity index (χ4n) is 1.97. The summed E-state index contributed by atoms with van der Waals surface area (Å²) in [5.41, 5.74) is 11.4. The summed E-state index contributed by atoms with van der Waals surface area (Å²) in [4.78, 5) is 0. The van der Waals surface area contributed by atoms with E-state index in [-0.39, 0.29) is 0 Å². The van der Waals surface area contributed by atoms with Gasteiger partial charge in [0.25, 0.3) is 0 Å². The number of hydrogen-bond acceptors (Lipinski definition) is 2. The van der Waals surface area contributed by atoms with Crippen LogP contribution in [0.15, 0.2) is 36.4 Å². The molecule has 94 valence electrons. The molecule has 18 heavy (non-hydrogen) atoms. The van der Waals surface area contributed by atoms with E-state index in [1.165, 1.54) is 16.7 Å². The van der Waals surface area contributed by atoms with Crippen LogP contribution < -0.4 is 10.5 Å². The van der Waals surface area contributed by atoms with Gasteiger partial charge in [0, 0.05) is 11.3 Å². The van der Waals surface area contributed by atoms with Crippen molar-refractivity contribution in [1.82, 2.24) is 0 Å². The lowest BCUT2D eigenvalue weighted by Gasteiger charge is -2.13. The molecule has 0 aromatic heterocycles. The molecule has 0 aliphatic carbocycles. The van der Waals surface area contributed by atoms with Crippen molar-refractivity contribution in [3.8, 4) is 5.75 Å². The van der Waals surface area contributed by atoms with Crippen LogP contribution in [-0.2, 0) is 6.61 Å². The van der Waals surface area contributed by atoms with Crippen LogP contribution in [0.5, 0.6) is 5.75 Å². The molecule has 0 fully saturated rings. The normalized spacial score (nSPS) is 10.4. The Morgan fingerprint density at radius 1 is 1.06 bits per heavy atom. The van der Waals surface area contributed by atoms with Gasteiger partial charge in [0.1, 0.15) is 12.4 Å². The van der Waals surface area contributed by atoms with Gasteiger partial charge < -0.3 is 10.5 Å². The number of benzene rings is 2. The van der Waals surface area contributed by atoms with Crippen molar-refractivity contribution in [2.24, 2.45) is 0 Å². The zero-order valence-electron chi connectivity index (χ0n) is 11.2. The average molecular weight is 241 g/mol. The molecular weight excluding hydrogens is 222 g/mol. The Morgan fingerprint density at radius 3 is 2.50 bits per heavy atom. The van der Waals surface area contributed by atoms with Gasteiger partial charge in [0.05, 0.1) is 0 Å². The number of ether oxygens (including phenoxy) is 1. The maximum atomic E-state index is 5.90. The highest BCUT2D eigenvalue weighted by atomic mass is 16.5. The molecule has 0 aliphatic rings. The van der Waals surface area contributed by atoms with E-state index in [0.29, 0.717) is 6.61 Å². The second-order valence-electron chi connectivity index (χ2n) is 4.69. The summed E-state index contributed by atoms with van der Waals surface area (Å²) < 4.78 is 5.89. The van der Waals surface area contributed by atoms with Crippen LogP contribution in [0, 0.1) is 20.8 Å². The highest BCUT2D eigenvalue weighted by Gasteiger charge is 2.05. The number of nitrogens with two attached hydrogens (primary N) is 1. The molecule has 2 N–H and O–H groups in total. The van der Waals surface area contributed by atoms with E-state index in [0.717, 1.165) is 17.0 Å². The molecule has 0 unspecified atom stereocenters. The summed E-state index contributed by atoms with van der Waals surface area (Å²) >= 11 is 0. The summed E-state index contributed by atoms with van der Waals surface area (Å²) in [6, 6.07) is 12.0. The Hall–Kier alpha value is -1.96. The molecule has 0 saturated carbocycles. The standard InChI is InChI=1S/C16H19NO/c1-11-8-12(2)13(3)16(9-11)18-10-14-6-4-5-7-15(14)17/h4-9H,10,17H2,1-3H3. The summed E-state index contributed by atoms with van der Waals surface area (Å²) in [7, 11) is 0. The molecule has 2 aromatic rings. The van der Waals surface area contributed by atoms with Gasteiger partial charge in [-0.15, -0.1) is 0 Å². The Balaban J connectivity index is 2.18. The third-order valence-electron chi connectivity index (χ3n) is 3.20. The van der Waals surface area contributed by atoms with Gasteiger partial charge in [-0.1, -0.05) is 24.3 Å². The van der Waals surface area contributed by atoms with E-state index in [4.69, 9.17) is 10.5 Å². The van der Waals surface area contributed by atoms with E-state index in [1.807, 2.05) is 24.3 Å². The van der Waals surface area contributed by atoms with Crippen LogP contribution in [0.4, 0.5) is 5.69 Å². The molecule has 0 spiro atoms. The summed E-state index contributed by atoms with van der Waals surface area (Å²) in [5, 5.41) is 0. The van der Waals surface area contributed by atoms with Crippen LogP contribution in [0.3, 0.4) is 0 Å². The van der Waals surface area contributed by atoms with Crippen LogP contribution in [0.25, 0.3) is 0 Å². The fraction of sp³-hybridized carbons (Fsp3) is 0.250. The molecule has 0 bridgehead atoms. The fourth-order valence-corrected chi connectivity index (χ4v) is 1.97. The number of hydrogen-bond donors (Lipinski definition) is 1. The van der Waals surface area contributed by atoms with Crippen molar-refractivity contribution in [1.29, 1.82) is 0 Å². The molecule has 0 aliphatic heterocycles. The minimum absolute atomic E-state index is 0.510. The number of aryl methyl sites for hydroxylation is 2. The average Bonchev–Trinajstić information content (AvgIpc) is 2.33. The molecule has 0 heterocycles. The topological polar surface area (TPSA) is 35.2 Å². The molecule has 0 atom stereocenters. The Kier molecular flexibility index (Phi) is 3.56. The minimum Gasteiger partial charge on any atom is -0.489 e. The molecule has 2 rings (SSSR count). The Labute approximate surface area is 108 Å². The predicted octanol–water partition coefficient (Wildman–Crippen LogP) is 3.77. The minimum atomic E-state index is 0.510. The first kappa shape index (κ1) is 12.5. The van der Waals surface area contributed by atoms with Gasteiger partial charge in [-0.2, -0.15) is 0 Å². The van der Waals surface area contributed by atoms with E-state index in [1.54, 1.807) is 0 Å². The summed E-state index contributed by atoms with van der Waals surface area (Å²) in [6.45, 7) is 6.77. The van der Waals surface area contributed by atoms with Gasteiger partial charge in [-0.25, -0.2) is 0 Å². The van der Waals surface area contributed by atoms with E-state index in [9.17, 15) is 0 Å². The van der Waals surface area contributed by atoms with Crippen molar-refractivity contribution in [2.45, 2.75) is 27.4 Å². The molecule has 2 heteroatoms. The first-order valence-electron chi connectivity index (χ1n) is 6.12. The summed E-state index contributed by atoms with van der Waals surface area (Å²) in [6.07, 6.45) is 0. The largest absolute Gasteiger partial charge is 0.489 e. The molecule has 0 radical (unpaired) electrons. The first-order chi connectivity index (χ1) is 8.58. The molecule has 0 saturated heterocycles. The van der Waals surface area contributed by atoms with Crippen molar-refractivity contribution in [3.05, 3.63) is 58.7 Å². The van der Waals surface area contributed by atoms with Crippen LogP contribution >= 0.6 is 0 Å². The second-order valence-corrected chi connectivity index (χ2v) is 4.69. The van der Waals surface area contributed by atoms with E-state index >= 15 is 0 Å². The number of rotatable bonds is 3. The SMILES string of the molecule is Cc1cc(C)c(C)c(OCc2ccccc2N)c1. The zero-order valence-corrected chi connectivity index (χ0v) is 11.2. The van der Waals surface area contributed by atoms with Gasteiger partial charge in [0.2, 0.25) is 0 Å². The molecule has 0 amide bonds. The maximum absolute atomic E-state index is 5.90. The number of nitrogen functional groups attached to an aromatic ring is 1. The van der Waals surface area contributed by atoms with Gasteiger partial charge in [-0.05, 0) is 49.6 Å². The van der Waals surface area contributed by atoms with Crippen LogP contribution in [-0.4, -0.2) is 0 Å². The lowest BCUT2D eigenvalue weighted by molar-refractivity contribution is 0.304. The maximum Gasteiger partial charge on any atom is 0.123 e. The molecule has 2 aromatic carbocycles. The van der Waals surface area contributed by atoms with Crippen molar-refractivity contribution in [3.63, 3.8) is 0 Å². The van der Waals surface area contributed by atoms with E-state index in [2.05, 4.69) is 32.9 Å². The van der Waals surface area contributed by atoms with Crippen molar-refractivity contribution in [2.75, 3.05) is 5.73 Å².